The second-order valence-corrected chi connectivity index (χ2v) is 4.20. The van der Waals surface area contributed by atoms with Gasteiger partial charge in [0.25, 0.3) is 0 Å². The fourth-order valence-electron chi connectivity index (χ4n) is 2.09. The number of hydrogen-bond acceptors (Lipinski definition) is 4. The highest BCUT2D eigenvalue weighted by Gasteiger charge is 2.24. The van der Waals surface area contributed by atoms with Gasteiger partial charge < -0.3 is 10.0 Å². The normalized spacial score (nSPS) is 20.1. The zero-order valence-corrected chi connectivity index (χ0v) is 9.24. The van der Waals surface area contributed by atoms with Crippen molar-refractivity contribution in [3.05, 3.63) is 24.3 Å². The lowest BCUT2D eigenvalue weighted by Gasteiger charge is -2.17. The molecule has 1 atom stereocenters. The quantitative estimate of drug-likeness (QED) is 0.504. The van der Waals surface area contributed by atoms with Gasteiger partial charge in [-0.05, 0) is 18.6 Å². The predicted octanol–water partition coefficient (Wildman–Crippen LogP) is 0.281. The van der Waals surface area contributed by atoms with Gasteiger partial charge in [-0.15, -0.1) is 5.10 Å². The van der Waals surface area contributed by atoms with Crippen LogP contribution in [-0.2, 0) is 0 Å². The third kappa shape index (κ3) is 1.66. The number of fused-ring (bicyclic) bond motifs is 1. The molecule has 1 aromatic heterocycles. The largest absolute Gasteiger partial charge is 0.391 e. The molecular weight excluding hydrogens is 218 g/mol. The topological polar surface area (TPSA) is 78.0 Å². The van der Waals surface area contributed by atoms with Gasteiger partial charge in [0.1, 0.15) is 5.52 Å². The summed E-state index contributed by atoms with van der Waals surface area (Å²) in [5.74, 6) is 0.273. The smallest absolute Gasteiger partial charge is 0.221 e. The molecule has 1 unspecified atom stereocenters. The van der Waals surface area contributed by atoms with Crippen LogP contribution in [0.1, 0.15) is 6.42 Å². The van der Waals surface area contributed by atoms with Gasteiger partial charge >= 0.3 is 0 Å². The summed E-state index contributed by atoms with van der Waals surface area (Å²) in [5.41, 5.74) is 1.59. The summed E-state index contributed by atoms with van der Waals surface area (Å²) >= 11 is 0. The van der Waals surface area contributed by atoms with Gasteiger partial charge in [0.2, 0.25) is 5.96 Å². The van der Waals surface area contributed by atoms with E-state index in [1.165, 1.54) is 4.68 Å². The fraction of sp³-hybridized carbons (Fsp3) is 0.364. The summed E-state index contributed by atoms with van der Waals surface area (Å²) in [6.07, 6.45) is 0.361. The lowest BCUT2D eigenvalue weighted by atomic mass is 10.3. The van der Waals surface area contributed by atoms with Crippen LogP contribution >= 0.6 is 0 Å². The van der Waals surface area contributed by atoms with Crippen molar-refractivity contribution in [2.75, 3.05) is 13.1 Å². The summed E-state index contributed by atoms with van der Waals surface area (Å²) in [6.45, 7) is 1.18. The van der Waals surface area contributed by atoms with Crippen LogP contribution in [0.4, 0.5) is 0 Å². The predicted molar refractivity (Wildman–Crippen MR) is 62.8 cm³/mol. The highest BCUT2D eigenvalue weighted by molar-refractivity contribution is 5.89. The van der Waals surface area contributed by atoms with Crippen LogP contribution in [0.25, 0.3) is 11.0 Å². The first-order valence-corrected chi connectivity index (χ1v) is 5.58. The monoisotopic (exact) mass is 231 g/mol. The molecule has 0 aliphatic carbocycles. The summed E-state index contributed by atoms with van der Waals surface area (Å²) in [4.78, 5) is 1.81. The van der Waals surface area contributed by atoms with E-state index in [0.29, 0.717) is 19.5 Å². The molecule has 2 heterocycles. The van der Waals surface area contributed by atoms with Crippen LogP contribution in [0.15, 0.2) is 24.3 Å². The highest BCUT2D eigenvalue weighted by atomic mass is 16.3. The molecule has 6 heteroatoms. The molecule has 0 amide bonds. The van der Waals surface area contributed by atoms with Gasteiger partial charge in [-0.25, -0.2) is 0 Å². The molecule has 0 saturated carbocycles. The van der Waals surface area contributed by atoms with Crippen molar-refractivity contribution in [1.29, 1.82) is 5.41 Å². The van der Waals surface area contributed by atoms with Gasteiger partial charge in [-0.1, -0.05) is 17.3 Å². The first-order chi connectivity index (χ1) is 8.25. The maximum absolute atomic E-state index is 9.48. The Kier molecular flexibility index (Phi) is 2.29. The van der Waals surface area contributed by atoms with E-state index < -0.39 is 0 Å². The lowest BCUT2D eigenvalue weighted by molar-refractivity contribution is 0.187. The van der Waals surface area contributed by atoms with Crippen LogP contribution in [0, 0.1) is 5.41 Å². The lowest BCUT2D eigenvalue weighted by Crippen LogP contribution is -2.34. The Balaban J connectivity index is 1.96. The molecule has 1 saturated heterocycles. The second-order valence-electron chi connectivity index (χ2n) is 4.20. The Labute approximate surface area is 98.0 Å². The molecule has 3 rings (SSSR count). The van der Waals surface area contributed by atoms with Gasteiger partial charge in [0.05, 0.1) is 11.6 Å². The summed E-state index contributed by atoms with van der Waals surface area (Å²) < 4.78 is 1.51. The number of rotatable bonds is 0. The van der Waals surface area contributed by atoms with Gasteiger partial charge in [-0.3, -0.25) is 5.41 Å². The summed E-state index contributed by atoms with van der Waals surface area (Å²) in [7, 11) is 0. The van der Waals surface area contributed by atoms with Gasteiger partial charge in [-0.2, -0.15) is 4.68 Å². The Morgan fingerprint density at radius 2 is 2.24 bits per heavy atom. The van der Waals surface area contributed by atoms with Crippen LogP contribution in [0.5, 0.6) is 0 Å². The maximum Gasteiger partial charge on any atom is 0.221 e. The molecule has 1 fully saturated rings. The van der Waals surface area contributed by atoms with Crippen LogP contribution in [-0.4, -0.2) is 50.2 Å². The molecule has 6 nitrogen and oxygen atoms in total. The first kappa shape index (κ1) is 10.2. The van der Waals surface area contributed by atoms with E-state index >= 15 is 0 Å². The number of aliphatic hydroxyl groups excluding tert-OH is 1. The van der Waals surface area contributed by atoms with Gasteiger partial charge in [0.15, 0.2) is 0 Å². The van der Waals surface area contributed by atoms with Gasteiger partial charge in [0, 0.05) is 13.1 Å². The van der Waals surface area contributed by atoms with Crippen molar-refractivity contribution in [2.45, 2.75) is 12.5 Å². The minimum atomic E-state index is -0.342. The molecule has 0 spiro atoms. The number of nitrogens with zero attached hydrogens (tertiary/aromatic N) is 4. The molecule has 0 bridgehead atoms. The van der Waals surface area contributed by atoms with E-state index in [1.54, 1.807) is 0 Å². The maximum atomic E-state index is 9.48. The van der Waals surface area contributed by atoms with E-state index in [0.717, 1.165) is 11.0 Å². The highest BCUT2D eigenvalue weighted by Crippen LogP contribution is 2.14. The Bertz CT molecular complexity index is 564. The molecular formula is C11H13N5O. The number of aliphatic hydroxyl groups is 1. The molecule has 88 valence electrons. The van der Waals surface area contributed by atoms with Crippen molar-refractivity contribution >= 4 is 17.0 Å². The van der Waals surface area contributed by atoms with Crippen molar-refractivity contribution in [3.8, 4) is 0 Å². The van der Waals surface area contributed by atoms with Crippen LogP contribution in [0.2, 0.25) is 0 Å². The van der Waals surface area contributed by atoms with E-state index in [9.17, 15) is 5.11 Å². The van der Waals surface area contributed by atoms with E-state index in [1.807, 2.05) is 29.2 Å². The number of aromatic nitrogens is 3. The molecule has 17 heavy (non-hydrogen) atoms. The molecule has 1 aliphatic heterocycles. The first-order valence-electron chi connectivity index (χ1n) is 5.58. The van der Waals surface area contributed by atoms with Crippen molar-refractivity contribution in [1.82, 2.24) is 19.9 Å². The van der Waals surface area contributed by atoms with E-state index in [4.69, 9.17) is 5.41 Å². The number of para-hydroxylation sites is 1. The average Bonchev–Trinajstić information content (AvgIpc) is 2.94. The molecule has 2 aromatic rings. The van der Waals surface area contributed by atoms with Crippen molar-refractivity contribution < 1.29 is 5.11 Å². The Morgan fingerprint density at radius 1 is 1.41 bits per heavy atom. The molecule has 1 aliphatic rings. The summed E-state index contributed by atoms with van der Waals surface area (Å²) in [6, 6.07) is 7.54. The molecule has 2 N–H and O–H groups in total. The third-order valence-corrected chi connectivity index (χ3v) is 3.02. The van der Waals surface area contributed by atoms with E-state index in [-0.39, 0.29) is 12.1 Å². The summed E-state index contributed by atoms with van der Waals surface area (Å²) in [5, 5.41) is 25.6. The zero-order chi connectivity index (χ0) is 11.8. The Morgan fingerprint density at radius 3 is 3.00 bits per heavy atom. The Hall–Kier alpha value is -1.95. The SMILES string of the molecule is N=C(N1CCC(O)C1)n1nnc2ccccc21. The third-order valence-electron chi connectivity index (χ3n) is 3.02. The van der Waals surface area contributed by atoms with E-state index in [2.05, 4.69) is 10.3 Å². The number of hydrogen-bond donors (Lipinski definition) is 2. The second kappa shape index (κ2) is 3.81. The van der Waals surface area contributed by atoms with Crippen LogP contribution < -0.4 is 0 Å². The minimum Gasteiger partial charge on any atom is -0.391 e. The fourth-order valence-corrected chi connectivity index (χ4v) is 2.09. The average molecular weight is 231 g/mol. The number of β-amino-alcohol motifs (C(OH)–C–C–N with tert-alkyl or cyclic N) is 1. The molecule has 1 aromatic carbocycles. The number of likely N-dealkylation sites (tertiary alicyclic amines) is 1. The number of benzene rings is 1. The van der Waals surface area contributed by atoms with Crippen molar-refractivity contribution in [3.63, 3.8) is 0 Å². The molecule has 0 radical (unpaired) electrons. The number of nitrogens with one attached hydrogen (secondary N) is 1. The van der Waals surface area contributed by atoms with Crippen molar-refractivity contribution in [2.24, 2.45) is 0 Å². The minimum absolute atomic E-state index is 0.273. The zero-order valence-electron chi connectivity index (χ0n) is 9.24. The standard InChI is InChI=1S/C11H13N5O/c12-11(15-6-5-8(17)7-15)16-10-4-2-1-3-9(10)13-14-16/h1-4,8,12,17H,5-7H2. The van der Waals surface area contributed by atoms with Crippen LogP contribution in [0.3, 0.4) is 0 Å².